The number of amides is 1. The van der Waals surface area contributed by atoms with Crippen LogP contribution in [0.4, 0.5) is 0 Å². The Kier molecular flexibility index (Phi) is 7.06. The second-order valence-electron chi connectivity index (χ2n) is 7.55. The van der Waals surface area contributed by atoms with Crippen molar-refractivity contribution in [3.63, 3.8) is 0 Å². The summed E-state index contributed by atoms with van der Waals surface area (Å²) < 4.78 is 0. The van der Waals surface area contributed by atoms with Crippen LogP contribution in [0.1, 0.15) is 42.6 Å². The van der Waals surface area contributed by atoms with E-state index in [-0.39, 0.29) is 5.91 Å². The highest BCUT2D eigenvalue weighted by Gasteiger charge is 2.31. The van der Waals surface area contributed by atoms with Crippen molar-refractivity contribution in [3.8, 4) is 0 Å². The summed E-state index contributed by atoms with van der Waals surface area (Å²) in [5, 5.41) is 3.40. The third-order valence-electron chi connectivity index (χ3n) is 5.71. The Balaban J connectivity index is 1.54. The van der Waals surface area contributed by atoms with Gasteiger partial charge in [0.2, 0.25) is 0 Å². The van der Waals surface area contributed by atoms with Gasteiger partial charge in [-0.15, -0.1) is 0 Å². The number of carbonyl (C=O) groups is 1. The van der Waals surface area contributed by atoms with Crippen LogP contribution in [0.5, 0.6) is 0 Å². The predicted molar refractivity (Wildman–Crippen MR) is 106 cm³/mol. The standard InChI is InChI=1S/C21H34N4O/c1-3-12-23(4-2)16-18-5-7-19(8-6-18)21(26)25-13-9-20(17-25)24-14-10-22-11-15-24/h5-8,20,22H,3-4,9-17H2,1-2H3. The lowest BCUT2D eigenvalue weighted by atomic mass is 10.1. The minimum atomic E-state index is 0.190. The molecule has 5 heteroatoms. The highest BCUT2D eigenvalue weighted by Crippen LogP contribution is 2.19. The predicted octanol–water partition coefficient (Wildman–Crippen LogP) is 2.04. The van der Waals surface area contributed by atoms with Gasteiger partial charge in [0.15, 0.2) is 0 Å². The van der Waals surface area contributed by atoms with Gasteiger partial charge < -0.3 is 10.2 Å². The van der Waals surface area contributed by atoms with E-state index in [2.05, 4.69) is 41.1 Å². The lowest BCUT2D eigenvalue weighted by molar-refractivity contribution is 0.0773. The maximum atomic E-state index is 12.9. The second-order valence-corrected chi connectivity index (χ2v) is 7.55. The van der Waals surface area contributed by atoms with E-state index in [0.717, 1.165) is 70.9 Å². The van der Waals surface area contributed by atoms with E-state index in [0.29, 0.717) is 6.04 Å². The topological polar surface area (TPSA) is 38.8 Å². The van der Waals surface area contributed by atoms with Gasteiger partial charge in [-0.1, -0.05) is 26.0 Å². The zero-order valence-corrected chi connectivity index (χ0v) is 16.4. The highest BCUT2D eigenvalue weighted by molar-refractivity contribution is 5.94. The molecule has 5 nitrogen and oxygen atoms in total. The molecule has 1 aromatic rings. The molecule has 1 atom stereocenters. The fourth-order valence-electron chi connectivity index (χ4n) is 4.13. The van der Waals surface area contributed by atoms with Gasteiger partial charge in [-0.3, -0.25) is 14.6 Å². The lowest BCUT2D eigenvalue weighted by Crippen LogP contribution is -2.49. The van der Waals surface area contributed by atoms with Crippen molar-refractivity contribution in [3.05, 3.63) is 35.4 Å². The van der Waals surface area contributed by atoms with Crippen LogP contribution in [0.2, 0.25) is 0 Å². The first kappa shape index (κ1) is 19.3. The van der Waals surface area contributed by atoms with Crippen LogP contribution in [0.3, 0.4) is 0 Å². The lowest BCUT2D eigenvalue weighted by Gasteiger charge is -2.32. The number of likely N-dealkylation sites (tertiary alicyclic amines) is 1. The van der Waals surface area contributed by atoms with Crippen molar-refractivity contribution in [2.24, 2.45) is 0 Å². The summed E-state index contributed by atoms with van der Waals surface area (Å²) in [6.07, 6.45) is 2.28. The van der Waals surface area contributed by atoms with Crippen molar-refractivity contribution >= 4 is 5.91 Å². The molecular formula is C21H34N4O. The average Bonchev–Trinajstić information content (AvgIpc) is 3.18. The Morgan fingerprint density at radius 1 is 1.15 bits per heavy atom. The first-order valence-electron chi connectivity index (χ1n) is 10.3. The smallest absolute Gasteiger partial charge is 0.253 e. The van der Waals surface area contributed by atoms with E-state index in [4.69, 9.17) is 0 Å². The van der Waals surface area contributed by atoms with Gasteiger partial charge in [0, 0.05) is 57.4 Å². The number of carbonyl (C=O) groups excluding carboxylic acids is 1. The summed E-state index contributed by atoms with van der Waals surface area (Å²) in [5.74, 6) is 0.190. The Morgan fingerprint density at radius 2 is 1.88 bits per heavy atom. The summed E-state index contributed by atoms with van der Waals surface area (Å²) in [7, 11) is 0. The molecule has 1 amide bonds. The maximum Gasteiger partial charge on any atom is 0.253 e. The third-order valence-corrected chi connectivity index (χ3v) is 5.71. The van der Waals surface area contributed by atoms with E-state index in [9.17, 15) is 4.79 Å². The summed E-state index contributed by atoms with van der Waals surface area (Å²) in [5.41, 5.74) is 2.12. The molecule has 26 heavy (non-hydrogen) atoms. The minimum absolute atomic E-state index is 0.190. The van der Waals surface area contributed by atoms with Crippen LogP contribution in [0.25, 0.3) is 0 Å². The first-order valence-corrected chi connectivity index (χ1v) is 10.3. The first-order chi connectivity index (χ1) is 12.7. The molecule has 3 rings (SSSR count). The van der Waals surface area contributed by atoms with Crippen LogP contribution in [-0.4, -0.2) is 79.0 Å². The molecule has 2 heterocycles. The molecule has 0 spiro atoms. The quantitative estimate of drug-likeness (QED) is 0.810. The van der Waals surface area contributed by atoms with Crippen molar-refractivity contribution < 1.29 is 4.79 Å². The molecular weight excluding hydrogens is 324 g/mol. The van der Waals surface area contributed by atoms with Crippen LogP contribution >= 0.6 is 0 Å². The van der Waals surface area contributed by atoms with Crippen molar-refractivity contribution in [1.29, 1.82) is 0 Å². The molecule has 0 saturated carbocycles. The molecule has 0 bridgehead atoms. The Hall–Kier alpha value is -1.43. The van der Waals surface area contributed by atoms with Crippen molar-refractivity contribution in [1.82, 2.24) is 20.0 Å². The van der Waals surface area contributed by atoms with Crippen molar-refractivity contribution in [2.75, 3.05) is 52.4 Å². The SMILES string of the molecule is CCCN(CC)Cc1ccc(C(=O)N2CCC(N3CCNCC3)C2)cc1. The maximum absolute atomic E-state index is 12.9. The van der Waals surface area contributed by atoms with E-state index >= 15 is 0 Å². The molecule has 0 radical (unpaired) electrons. The summed E-state index contributed by atoms with van der Waals surface area (Å²) in [6.45, 7) is 13.7. The summed E-state index contributed by atoms with van der Waals surface area (Å²) in [4.78, 5) is 19.9. The molecule has 1 unspecified atom stereocenters. The molecule has 2 aliphatic heterocycles. The summed E-state index contributed by atoms with van der Waals surface area (Å²) in [6, 6.07) is 8.79. The molecule has 0 aliphatic carbocycles. The minimum Gasteiger partial charge on any atom is -0.337 e. The van der Waals surface area contributed by atoms with Gasteiger partial charge in [0.1, 0.15) is 0 Å². The molecule has 1 aromatic carbocycles. The van der Waals surface area contributed by atoms with Crippen LogP contribution < -0.4 is 5.32 Å². The van der Waals surface area contributed by atoms with Gasteiger partial charge in [0.05, 0.1) is 0 Å². The van der Waals surface area contributed by atoms with Gasteiger partial charge >= 0.3 is 0 Å². The summed E-state index contributed by atoms with van der Waals surface area (Å²) >= 11 is 0. The van der Waals surface area contributed by atoms with Gasteiger partial charge in [-0.2, -0.15) is 0 Å². The molecule has 1 N–H and O–H groups in total. The average molecular weight is 359 g/mol. The molecule has 144 valence electrons. The number of nitrogens with zero attached hydrogens (tertiary/aromatic N) is 3. The van der Waals surface area contributed by atoms with E-state index < -0.39 is 0 Å². The van der Waals surface area contributed by atoms with E-state index in [1.165, 1.54) is 12.0 Å². The Labute approximate surface area is 158 Å². The fraction of sp³-hybridized carbons (Fsp3) is 0.667. The van der Waals surface area contributed by atoms with E-state index in [1.54, 1.807) is 0 Å². The number of hydrogen-bond donors (Lipinski definition) is 1. The number of rotatable bonds is 7. The monoisotopic (exact) mass is 358 g/mol. The number of nitrogens with one attached hydrogen (secondary N) is 1. The normalized spacial score (nSPS) is 21.5. The largest absolute Gasteiger partial charge is 0.337 e. The zero-order chi connectivity index (χ0) is 18.4. The molecule has 0 aromatic heterocycles. The van der Waals surface area contributed by atoms with Gasteiger partial charge in [0.25, 0.3) is 5.91 Å². The van der Waals surface area contributed by atoms with Gasteiger partial charge in [-0.05, 0) is 43.6 Å². The van der Waals surface area contributed by atoms with Crippen molar-refractivity contribution in [2.45, 2.75) is 39.3 Å². The number of hydrogen-bond acceptors (Lipinski definition) is 4. The van der Waals surface area contributed by atoms with Gasteiger partial charge in [-0.25, -0.2) is 0 Å². The Bertz CT molecular complexity index is 568. The van der Waals surface area contributed by atoms with Crippen LogP contribution in [0.15, 0.2) is 24.3 Å². The Morgan fingerprint density at radius 3 is 2.54 bits per heavy atom. The number of benzene rings is 1. The van der Waals surface area contributed by atoms with E-state index in [1.807, 2.05) is 17.0 Å². The third kappa shape index (κ3) is 4.84. The second kappa shape index (κ2) is 9.49. The number of piperazine rings is 1. The molecule has 2 fully saturated rings. The highest BCUT2D eigenvalue weighted by atomic mass is 16.2. The van der Waals surface area contributed by atoms with Crippen LogP contribution in [-0.2, 0) is 6.54 Å². The molecule has 2 aliphatic rings. The molecule has 2 saturated heterocycles. The fourth-order valence-corrected chi connectivity index (χ4v) is 4.13. The zero-order valence-electron chi connectivity index (χ0n) is 16.4. The van der Waals surface area contributed by atoms with Crippen LogP contribution in [0, 0.1) is 0 Å².